The van der Waals surface area contributed by atoms with E-state index in [1.807, 2.05) is 0 Å². The maximum Gasteiger partial charge on any atom is 0.243 e. The smallest absolute Gasteiger partial charge is 0.243 e. The molecule has 0 saturated carbocycles. The molecule has 1 aliphatic heterocycles. The van der Waals surface area contributed by atoms with E-state index in [1.165, 1.54) is 28.6 Å². The molecule has 1 heterocycles. The molecule has 2 aromatic rings. The molecule has 0 N–H and O–H groups in total. The van der Waals surface area contributed by atoms with E-state index in [0.29, 0.717) is 33.7 Å². The van der Waals surface area contributed by atoms with Gasteiger partial charge in [-0.05, 0) is 54.8 Å². The predicted octanol–water partition coefficient (Wildman–Crippen LogP) is 5.24. The number of likely N-dealkylation sites (tertiary alicyclic amines) is 1. The van der Waals surface area contributed by atoms with Crippen LogP contribution in [0.5, 0.6) is 0 Å². The van der Waals surface area contributed by atoms with Gasteiger partial charge in [-0.2, -0.15) is 4.31 Å². The highest BCUT2D eigenvalue weighted by molar-refractivity contribution is 7.89. The molecule has 0 spiro atoms. The summed E-state index contributed by atoms with van der Waals surface area (Å²) in [7, 11) is -3.95. The summed E-state index contributed by atoms with van der Waals surface area (Å²) in [6.07, 6.45) is 4.02. The zero-order valence-electron chi connectivity index (χ0n) is 16.4. The third-order valence-corrected chi connectivity index (χ3v) is 7.73. The number of hydrogen-bond acceptors (Lipinski definition) is 3. The van der Waals surface area contributed by atoms with E-state index in [0.717, 1.165) is 25.7 Å². The Hall–Kier alpha value is -1.31. The largest absolute Gasteiger partial charge is 0.342 e. The lowest BCUT2D eigenvalue weighted by Crippen LogP contribution is -2.43. The summed E-state index contributed by atoms with van der Waals surface area (Å²) in [5, 5.41) is 1.24. The SMILES string of the molecule is O=C(CN(Cc1ccc(Cl)cc1Cl)S(=O)(=O)c1ccc(Cl)cc1)N1CCCCCC1. The Morgan fingerprint density at radius 1 is 0.900 bits per heavy atom. The van der Waals surface area contributed by atoms with Crippen LogP contribution in [0, 0.1) is 0 Å². The lowest BCUT2D eigenvalue weighted by molar-refractivity contribution is -0.131. The van der Waals surface area contributed by atoms with Crippen molar-refractivity contribution in [2.75, 3.05) is 19.6 Å². The van der Waals surface area contributed by atoms with E-state index in [9.17, 15) is 13.2 Å². The van der Waals surface area contributed by atoms with Crippen LogP contribution in [0.25, 0.3) is 0 Å². The van der Waals surface area contributed by atoms with Crippen molar-refractivity contribution in [2.45, 2.75) is 37.1 Å². The highest BCUT2D eigenvalue weighted by atomic mass is 35.5. The number of amides is 1. The molecule has 162 valence electrons. The summed E-state index contributed by atoms with van der Waals surface area (Å²) in [4.78, 5) is 14.8. The van der Waals surface area contributed by atoms with Crippen LogP contribution in [0.3, 0.4) is 0 Å². The van der Waals surface area contributed by atoms with Crippen molar-refractivity contribution in [1.82, 2.24) is 9.21 Å². The van der Waals surface area contributed by atoms with E-state index < -0.39 is 10.0 Å². The quantitative estimate of drug-likeness (QED) is 0.557. The lowest BCUT2D eigenvalue weighted by Gasteiger charge is -2.26. The molecule has 9 heteroatoms. The van der Waals surface area contributed by atoms with E-state index in [-0.39, 0.29) is 23.9 Å². The van der Waals surface area contributed by atoms with Gasteiger partial charge in [-0.1, -0.05) is 53.7 Å². The van der Waals surface area contributed by atoms with Gasteiger partial charge in [0.1, 0.15) is 0 Å². The first kappa shape index (κ1) is 23.4. The molecule has 1 saturated heterocycles. The highest BCUT2D eigenvalue weighted by Crippen LogP contribution is 2.26. The van der Waals surface area contributed by atoms with Gasteiger partial charge in [0, 0.05) is 34.7 Å². The summed E-state index contributed by atoms with van der Waals surface area (Å²) < 4.78 is 27.9. The van der Waals surface area contributed by atoms with Crippen molar-refractivity contribution in [2.24, 2.45) is 0 Å². The van der Waals surface area contributed by atoms with Gasteiger partial charge in [-0.25, -0.2) is 8.42 Å². The minimum absolute atomic E-state index is 0.0411. The number of sulfonamides is 1. The van der Waals surface area contributed by atoms with Crippen LogP contribution in [0.4, 0.5) is 0 Å². The van der Waals surface area contributed by atoms with Crippen molar-refractivity contribution < 1.29 is 13.2 Å². The third-order valence-electron chi connectivity index (χ3n) is 5.08. The summed E-state index contributed by atoms with van der Waals surface area (Å²) >= 11 is 18.2. The van der Waals surface area contributed by atoms with Crippen LogP contribution >= 0.6 is 34.8 Å². The number of halogens is 3. The van der Waals surface area contributed by atoms with Gasteiger partial charge in [-0.15, -0.1) is 0 Å². The Morgan fingerprint density at radius 3 is 2.10 bits per heavy atom. The molecule has 5 nitrogen and oxygen atoms in total. The maximum absolute atomic E-state index is 13.4. The summed E-state index contributed by atoms with van der Waals surface area (Å²) in [5.74, 6) is -0.209. The second-order valence-electron chi connectivity index (χ2n) is 7.26. The Bertz CT molecular complexity index is 989. The van der Waals surface area contributed by atoms with Gasteiger partial charge in [0.15, 0.2) is 0 Å². The van der Waals surface area contributed by atoms with Gasteiger partial charge in [0.25, 0.3) is 0 Å². The van der Waals surface area contributed by atoms with E-state index in [4.69, 9.17) is 34.8 Å². The lowest BCUT2D eigenvalue weighted by atomic mass is 10.2. The second kappa shape index (κ2) is 10.3. The molecule has 1 amide bonds. The van der Waals surface area contributed by atoms with Crippen molar-refractivity contribution in [1.29, 1.82) is 0 Å². The summed E-state index contributed by atoms with van der Waals surface area (Å²) in [6, 6.07) is 10.8. The van der Waals surface area contributed by atoms with Crippen molar-refractivity contribution in [3.8, 4) is 0 Å². The van der Waals surface area contributed by atoms with E-state index in [2.05, 4.69) is 0 Å². The molecular formula is C21H23Cl3N2O3S. The first-order valence-corrected chi connectivity index (χ1v) is 12.3. The van der Waals surface area contributed by atoms with Gasteiger partial charge in [-0.3, -0.25) is 4.79 Å². The number of benzene rings is 2. The number of nitrogens with zero attached hydrogens (tertiary/aromatic N) is 2. The number of hydrogen-bond donors (Lipinski definition) is 0. The highest BCUT2D eigenvalue weighted by Gasteiger charge is 2.29. The average Bonchev–Trinajstić information content (AvgIpc) is 2.99. The Labute approximate surface area is 192 Å². The maximum atomic E-state index is 13.4. The molecule has 0 radical (unpaired) electrons. The zero-order chi connectivity index (χ0) is 21.7. The van der Waals surface area contributed by atoms with Crippen molar-refractivity contribution >= 4 is 50.7 Å². The minimum atomic E-state index is -3.95. The first-order chi connectivity index (χ1) is 14.3. The fraction of sp³-hybridized carbons (Fsp3) is 0.381. The average molecular weight is 490 g/mol. The normalized spacial score (nSPS) is 15.3. The van der Waals surface area contributed by atoms with Crippen LogP contribution in [0.2, 0.25) is 15.1 Å². The molecule has 30 heavy (non-hydrogen) atoms. The molecule has 0 bridgehead atoms. The van der Waals surface area contributed by atoms with Crippen molar-refractivity contribution in [3.63, 3.8) is 0 Å². The zero-order valence-corrected chi connectivity index (χ0v) is 19.4. The second-order valence-corrected chi connectivity index (χ2v) is 10.5. The van der Waals surface area contributed by atoms with Crippen LogP contribution < -0.4 is 0 Å². The molecular weight excluding hydrogens is 467 g/mol. The first-order valence-electron chi connectivity index (χ1n) is 9.75. The Kier molecular flexibility index (Phi) is 8.04. The molecule has 0 unspecified atom stereocenters. The molecule has 0 aromatic heterocycles. The van der Waals surface area contributed by atoms with Gasteiger partial charge in [0.05, 0.1) is 11.4 Å². The summed E-state index contributed by atoms with van der Waals surface area (Å²) in [6.45, 7) is 0.995. The topological polar surface area (TPSA) is 57.7 Å². The third kappa shape index (κ3) is 5.89. The van der Waals surface area contributed by atoms with E-state index in [1.54, 1.807) is 23.1 Å². The number of carbonyl (C=O) groups excluding carboxylic acids is 1. The van der Waals surface area contributed by atoms with Crippen LogP contribution in [0.1, 0.15) is 31.2 Å². The molecule has 0 atom stereocenters. The van der Waals surface area contributed by atoms with Crippen LogP contribution in [0.15, 0.2) is 47.4 Å². The van der Waals surface area contributed by atoms with Gasteiger partial charge in [0.2, 0.25) is 15.9 Å². The molecule has 1 fully saturated rings. The monoisotopic (exact) mass is 488 g/mol. The number of rotatable bonds is 6. The van der Waals surface area contributed by atoms with E-state index >= 15 is 0 Å². The molecule has 2 aromatic carbocycles. The predicted molar refractivity (Wildman–Crippen MR) is 121 cm³/mol. The molecule has 1 aliphatic rings. The van der Waals surface area contributed by atoms with Gasteiger partial charge < -0.3 is 4.90 Å². The molecule has 3 rings (SSSR count). The minimum Gasteiger partial charge on any atom is -0.342 e. The Morgan fingerprint density at radius 2 is 1.50 bits per heavy atom. The fourth-order valence-electron chi connectivity index (χ4n) is 3.39. The Balaban J connectivity index is 1.90. The standard InChI is InChI=1S/C21H23Cl3N2O3S/c22-17-7-9-19(10-8-17)30(28,29)26(14-16-5-6-18(23)13-20(16)24)15-21(27)25-11-3-1-2-4-12-25/h5-10,13H,1-4,11-12,14-15H2. The van der Waals surface area contributed by atoms with Crippen molar-refractivity contribution in [3.05, 3.63) is 63.1 Å². The molecule has 0 aliphatic carbocycles. The number of carbonyl (C=O) groups is 1. The van der Waals surface area contributed by atoms with Gasteiger partial charge >= 0.3 is 0 Å². The summed E-state index contributed by atoms with van der Waals surface area (Å²) in [5.41, 5.74) is 0.572. The van der Waals surface area contributed by atoms with Crippen LogP contribution in [-0.4, -0.2) is 43.2 Å². The fourth-order valence-corrected chi connectivity index (χ4v) is 5.35. The van der Waals surface area contributed by atoms with Crippen LogP contribution in [-0.2, 0) is 21.4 Å².